The number of halogens is 2. The predicted molar refractivity (Wildman–Crippen MR) is 535 cm³/mol. The van der Waals surface area contributed by atoms with Crippen LogP contribution >= 0.6 is 0 Å². The Morgan fingerprint density at radius 1 is 0.418 bits per heavy atom. The molecule has 141 heavy (non-hydrogen) atoms. The summed E-state index contributed by atoms with van der Waals surface area (Å²) in [6.07, 6.45) is 22.9. The maximum Gasteiger partial charge on any atom is 0.414 e. The van der Waals surface area contributed by atoms with E-state index in [0.717, 1.165) is 246 Å². The van der Waals surface area contributed by atoms with Crippen molar-refractivity contribution >= 4 is 119 Å². The molecule has 5 aliphatic heterocycles. The molecule has 2 N–H and O–H groups in total. The number of amides is 4. The highest BCUT2D eigenvalue weighted by atomic mass is 32.2. The highest BCUT2D eigenvalue weighted by Gasteiger charge is 2.41. The lowest BCUT2D eigenvalue weighted by Crippen LogP contribution is -2.42. The zero-order valence-corrected chi connectivity index (χ0v) is 83.1. The van der Waals surface area contributed by atoms with Gasteiger partial charge in [0, 0.05) is 121 Å². The summed E-state index contributed by atoms with van der Waals surface area (Å²) in [6.45, 7) is 12.2. The van der Waals surface area contributed by atoms with Crippen LogP contribution in [0.15, 0.2) is 134 Å². The minimum atomic E-state index is -3.09. The quantitative estimate of drug-likeness (QED) is 0.0754. The molecule has 10 heterocycles. The molecule has 12 aromatic rings. The number of fused-ring (bicyclic) bond motifs is 12. The highest BCUT2D eigenvalue weighted by Crippen LogP contribution is 2.48. The molecule has 33 heteroatoms. The Morgan fingerprint density at radius 2 is 0.823 bits per heavy atom. The number of ketones is 1. The topological polar surface area (TPSA) is 342 Å². The van der Waals surface area contributed by atoms with Crippen molar-refractivity contribution in [3.8, 4) is 5.75 Å². The zero-order chi connectivity index (χ0) is 99.5. The Labute approximate surface area is 820 Å². The van der Waals surface area contributed by atoms with Gasteiger partial charge in [0.1, 0.15) is 34.9 Å². The molecule has 746 valence electrons. The summed E-state index contributed by atoms with van der Waals surface area (Å²) < 4.78 is 90.0. The second kappa shape index (κ2) is 42.8. The molecule has 30 nitrogen and oxygen atoms in total. The molecule has 7 atom stereocenters. The van der Waals surface area contributed by atoms with Gasteiger partial charge in [-0.25, -0.2) is 56.3 Å². The fourth-order valence-corrected chi connectivity index (χ4v) is 24.8. The maximum absolute atomic E-state index is 14.5. The number of methoxy groups -OCH3 is 5. The third-order valence-corrected chi connectivity index (χ3v) is 32.4. The molecule has 0 radical (unpaired) electrons. The van der Waals surface area contributed by atoms with Crippen LogP contribution in [0.5, 0.6) is 5.75 Å². The largest absolute Gasteiger partial charge is 0.494 e. The lowest BCUT2D eigenvalue weighted by molar-refractivity contribution is -0.144. The number of carboxylic acids is 2. The lowest BCUT2D eigenvalue weighted by atomic mass is 9.83. The fraction of sp³-hybridized carbons (Fsp3) is 0.481. The van der Waals surface area contributed by atoms with E-state index >= 15 is 0 Å². The summed E-state index contributed by atoms with van der Waals surface area (Å²) in [5.74, 6) is 1.80. The molecule has 8 aliphatic rings. The van der Waals surface area contributed by atoms with Gasteiger partial charge in [0.15, 0.2) is 21.4 Å². The van der Waals surface area contributed by atoms with Gasteiger partial charge in [0.05, 0.1) is 126 Å². The van der Waals surface area contributed by atoms with E-state index in [1.165, 1.54) is 47.2 Å². The third-order valence-electron chi connectivity index (χ3n) is 30.6. The number of aromatic nitrogens is 10. The summed E-state index contributed by atoms with van der Waals surface area (Å²) in [5.41, 5.74) is 18.6. The molecule has 0 spiro atoms. The number of sulfone groups is 1. The van der Waals surface area contributed by atoms with E-state index < -0.39 is 33.7 Å². The van der Waals surface area contributed by atoms with Gasteiger partial charge in [-0.05, 0) is 278 Å². The Kier molecular flexibility index (Phi) is 30.2. The van der Waals surface area contributed by atoms with Crippen molar-refractivity contribution in [2.75, 3.05) is 66.7 Å². The number of carbonyl (C=O) groups excluding carboxylic acids is 5. The van der Waals surface area contributed by atoms with Crippen LogP contribution in [0.25, 0.3) is 44.1 Å². The van der Waals surface area contributed by atoms with Gasteiger partial charge in [-0.2, -0.15) is 5.10 Å². The number of ether oxygens (including phenoxy) is 5. The number of hydrogen-bond donors (Lipinski definition) is 2. The minimum absolute atomic E-state index is 0.00697. The summed E-state index contributed by atoms with van der Waals surface area (Å²) in [7, 11) is 3.96. The van der Waals surface area contributed by atoms with Crippen molar-refractivity contribution in [1.29, 1.82) is 0 Å². The van der Waals surface area contributed by atoms with Crippen molar-refractivity contribution in [3.63, 3.8) is 0 Å². The lowest BCUT2D eigenvalue weighted by Gasteiger charge is -2.34. The second-order valence-electron chi connectivity index (χ2n) is 39.4. The van der Waals surface area contributed by atoms with Gasteiger partial charge in [-0.3, -0.25) is 38.7 Å². The molecule has 3 aliphatic carbocycles. The number of imidazole rings is 4. The predicted octanol–water partition coefficient (Wildman–Crippen LogP) is 20.5. The molecule has 5 aromatic heterocycles. The molecular weight excluding hydrogens is 1820 g/mol. The summed E-state index contributed by atoms with van der Waals surface area (Å²) >= 11 is 0. The van der Waals surface area contributed by atoms with Crippen LogP contribution in [0.1, 0.15) is 242 Å². The number of rotatable bonds is 18. The summed E-state index contributed by atoms with van der Waals surface area (Å²) in [5, 5.41) is 23.2. The first-order chi connectivity index (χ1) is 67.9. The number of anilines is 4. The molecule has 7 aromatic carbocycles. The second-order valence-corrected chi connectivity index (χ2v) is 41.6. The summed E-state index contributed by atoms with van der Waals surface area (Å²) in [6, 6.07) is 39.1. The first-order valence-electron chi connectivity index (χ1n) is 49.8. The average molecular weight is 1950 g/mol. The van der Waals surface area contributed by atoms with Crippen LogP contribution in [0.2, 0.25) is 0 Å². The number of carboxylic acid groups (broad SMARTS) is 2. The molecule has 20 rings (SSSR count). The van der Waals surface area contributed by atoms with E-state index in [4.69, 9.17) is 43.6 Å². The Bertz CT molecular complexity index is 6800. The van der Waals surface area contributed by atoms with Crippen molar-refractivity contribution in [1.82, 2.24) is 48.0 Å². The number of hydrogen-bond acceptors (Lipinski definition) is 19. The van der Waals surface area contributed by atoms with Crippen molar-refractivity contribution < 1.29 is 84.7 Å². The number of nitrogens with zero attached hydrogens (tertiary/aromatic N) is 14. The highest BCUT2D eigenvalue weighted by molar-refractivity contribution is 7.91. The Balaban J connectivity index is 0.000000130. The molecule has 0 bridgehead atoms. The minimum Gasteiger partial charge on any atom is -0.494 e. The molecule has 3 saturated carbocycles. The average Bonchev–Trinajstić information content (AvgIpc) is 1.62. The van der Waals surface area contributed by atoms with Crippen LogP contribution in [0.4, 0.5) is 50.7 Å². The van der Waals surface area contributed by atoms with Gasteiger partial charge >= 0.3 is 36.3 Å². The molecule has 4 fully saturated rings. The monoisotopic (exact) mass is 1950 g/mol. The molecule has 4 amide bonds. The van der Waals surface area contributed by atoms with Gasteiger partial charge in [-0.1, -0.05) is 55.0 Å². The number of benzene rings is 7. The van der Waals surface area contributed by atoms with Gasteiger partial charge in [-0.15, -0.1) is 0 Å². The van der Waals surface area contributed by atoms with Crippen molar-refractivity contribution in [2.45, 2.75) is 270 Å². The van der Waals surface area contributed by atoms with Crippen LogP contribution in [0, 0.1) is 36.3 Å². The standard InChI is InChI=1S/C29H34FN3O3.C28H32FN3O5.C28H33N3O4.C23H29N5O4S/c1-17-8-10-20(14-24(17)30)15-27-31-28-23-11-9-18(2)32(29(35)36-4)25(23)12-13-26(28)33(27)22-7-5-6-21(16-22)19(3)34;1-16-4-10-20-22(31(16)28(35)37-3)11-12-23-26(20)30-25(15-17-5-13-24(36-2)21(29)14-17)32(23)19-8-6-18(7-9-19)27(33)34;1-18-8-14-22-23(30(18)28(34)35-2)15-16-24-26(22)29-25(17-9-19-6-4-3-5-7-19)31(24)21-12-10-20(11-13-21)27(32)33;1-16-6-7-18-19(27(16)23(29)32-2)8-9-20-22(18)25-21(10-13-26-12-4-11-24-26)28(20)17-5-3-14-33(30,31)15-17/h8,10,12-14,18,21-22H,5-7,9,11,15-16H2,1-4H3;5,11-14,16,18-19H,4,6-10,15H2,1-3H3,(H,33,34);3-7,15-16,18,20-21H,8-14,17H2,1-2H3,(H,32,33);4,8-9,11-12,16-17H,3,5-7,10,13-15H2,1-2H3/t18-,21+,22+;16-,18?,19?;18-,20?,21?;16-,17+/m0000/s1. The van der Waals surface area contributed by atoms with E-state index in [9.17, 15) is 61.0 Å². The van der Waals surface area contributed by atoms with E-state index in [-0.39, 0.29) is 113 Å². The normalized spacial score (nSPS) is 22.0. The third kappa shape index (κ3) is 20.6. The summed E-state index contributed by atoms with van der Waals surface area (Å²) in [4.78, 5) is 113. The van der Waals surface area contributed by atoms with Crippen LogP contribution in [-0.4, -0.2) is 180 Å². The number of aliphatic carboxylic acids is 2. The van der Waals surface area contributed by atoms with Gasteiger partial charge in [0.25, 0.3) is 0 Å². The smallest absolute Gasteiger partial charge is 0.414 e. The zero-order valence-electron chi connectivity index (χ0n) is 82.3. The van der Waals surface area contributed by atoms with Crippen LogP contribution in [-0.2, 0) is 108 Å². The molecular formula is C108H128F2N14O16S. The van der Waals surface area contributed by atoms with Gasteiger partial charge in [0.2, 0.25) is 0 Å². The SMILES string of the molecule is COC(=O)N1c2ccc3c(nc(CCc4ccccc4)n3C3CCC(C(=O)O)CC3)c2CC[C@@H]1C.COC(=O)N1c2ccc3c(nc(CCn4cccn4)n3[C@@H]3CCCS(=O)(=O)C3)c2CC[C@@H]1C.COC(=O)N1c2ccc3c(nc(Cc4ccc(C)c(F)c4)n3[C@@H]3CCC[C@@H](C(C)=O)C3)c2CC[C@@H]1C.COC(=O)N1c2ccc3c(nc(Cc4ccc(OC)c(F)c4)n3C3CCC(C(=O)O)CC3)c2CC[C@@H]1C. The van der Waals surface area contributed by atoms with Crippen molar-refractivity contribution in [2.24, 2.45) is 17.8 Å². The number of carbonyl (C=O) groups is 7. The first kappa shape index (κ1) is 99.5. The number of Topliss-reactive ketones (excluding diaryl/α,β-unsaturated/α-hetero) is 1. The van der Waals surface area contributed by atoms with E-state index in [1.807, 2.05) is 104 Å². The molecule has 1 saturated heterocycles. The Hall–Kier alpha value is -13.1. The van der Waals surface area contributed by atoms with E-state index in [1.54, 1.807) is 51.8 Å². The van der Waals surface area contributed by atoms with E-state index in [0.29, 0.717) is 63.5 Å². The van der Waals surface area contributed by atoms with E-state index in [2.05, 4.69) is 60.6 Å². The first-order valence-corrected chi connectivity index (χ1v) is 51.6. The van der Waals surface area contributed by atoms with Crippen molar-refractivity contribution in [3.05, 3.63) is 213 Å². The Morgan fingerprint density at radius 3 is 1.22 bits per heavy atom. The van der Waals surface area contributed by atoms with Crippen LogP contribution < -0.4 is 24.3 Å². The number of aryl methyl sites for hydroxylation is 9. The van der Waals surface area contributed by atoms with Gasteiger partial charge < -0.3 is 52.2 Å². The fourth-order valence-electron chi connectivity index (χ4n) is 23.1. The molecule has 0 unspecified atom stereocenters. The maximum atomic E-state index is 14.5. The van der Waals surface area contributed by atoms with Crippen LogP contribution in [0.3, 0.4) is 0 Å².